The Morgan fingerprint density at radius 1 is 1.14 bits per heavy atom. The van der Waals surface area contributed by atoms with Gasteiger partial charge in [0.15, 0.2) is 0 Å². The lowest BCUT2D eigenvalue weighted by molar-refractivity contribution is 0.0999. The first-order valence-corrected chi connectivity index (χ1v) is 7.50. The van der Waals surface area contributed by atoms with Crippen molar-refractivity contribution in [3.63, 3.8) is 0 Å². The molecule has 0 spiro atoms. The van der Waals surface area contributed by atoms with Gasteiger partial charge in [0, 0.05) is 22.9 Å². The molecule has 0 saturated heterocycles. The van der Waals surface area contributed by atoms with Gasteiger partial charge in [0.1, 0.15) is 0 Å². The number of carbonyl (C=O) groups is 2. The summed E-state index contributed by atoms with van der Waals surface area (Å²) in [6, 6.07) is 5.17. The molecule has 5 N–H and O–H groups in total. The molecule has 0 aliphatic heterocycles. The molecule has 2 amide bonds. The van der Waals surface area contributed by atoms with E-state index in [-0.39, 0.29) is 0 Å². The van der Waals surface area contributed by atoms with Crippen LogP contribution in [-0.4, -0.2) is 17.9 Å². The maximum Gasteiger partial charge on any atom is 0.248 e. The molecular formula is C16H23N3O2. The molecule has 1 aliphatic carbocycles. The van der Waals surface area contributed by atoms with Gasteiger partial charge >= 0.3 is 0 Å². The van der Waals surface area contributed by atoms with Gasteiger partial charge in [-0.25, -0.2) is 0 Å². The number of nitrogens with two attached hydrogens (primary N) is 2. The van der Waals surface area contributed by atoms with Crippen molar-refractivity contribution in [2.24, 2.45) is 17.4 Å². The number of nitrogens with one attached hydrogen (secondary N) is 1. The van der Waals surface area contributed by atoms with Gasteiger partial charge in [-0.15, -0.1) is 0 Å². The van der Waals surface area contributed by atoms with Crippen LogP contribution in [0.25, 0.3) is 0 Å². The fraction of sp³-hybridized carbons (Fsp3) is 0.500. The Morgan fingerprint density at radius 3 is 2.29 bits per heavy atom. The third-order valence-electron chi connectivity index (χ3n) is 4.23. The predicted molar refractivity (Wildman–Crippen MR) is 83.1 cm³/mol. The van der Waals surface area contributed by atoms with Crippen LogP contribution in [0.1, 0.15) is 59.7 Å². The number of rotatable bonds is 5. The van der Waals surface area contributed by atoms with Crippen molar-refractivity contribution in [2.75, 3.05) is 5.32 Å². The highest BCUT2D eigenvalue weighted by Crippen LogP contribution is 2.29. The van der Waals surface area contributed by atoms with E-state index in [1.165, 1.54) is 25.3 Å². The summed E-state index contributed by atoms with van der Waals surface area (Å²) in [5, 5.41) is 3.42. The van der Waals surface area contributed by atoms with E-state index in [4.69, 9.17) is 11.5 Å². The zero-order valence-electron chi connectivity index (χ0n) is 12.4. The maximum atomic E-state index is 11.4. The fourth-order valence-electron chi connectivity index (χ4n) is 3.02. The molecular weight excluding hydrogens is 266 g/mol. The summed E-state index contributed by atoms with van der Waals surface area (Å²) < 4.78 is 0. The maximum absolute atomic E-state index is 11.4. The van der Waals surface area contributed by atoms with Crippen LogP contribution < -0.4 is 16.8 Å². The average Bonchev–Trinajstić information content (AvgIpc) is 2.47. The molecule has 0 aromatic heterocycles. The van der Waals surface area contributed by atoms with Crippen LogP contribution in [0, 0.1) is 5.92 Å². The Balaban J connectivity index is 2.18. The molecule has 5 nitrogen and oxygen atoms in total. The number of benzene rings is 1. The van der Waals surface area contributed by atoms with Crippen molar-refractivity contribution < 1.29 is 9.59 Å². The highest BCUT2D eigenvalue weighted by Gasteiger charge is 2.21. The lowest BCUT2D eigenvalue weighted by Gasteiger charge is -2.30. The number of anilines is 1. The van der Waals surface area contributed by atoms with Crippen LogP contribution in [-0.2, 0) is 0 Å². The molecule has 0 bridgehead atoms. The van der Waals surface area contributed by atoms with Crippen molar-refractivity contribution >= 4 is 17.5 Å². The van der Waals surface area contributed by atoms with E-state index in [9.17, 15) is 9.59 Å². The van der Waals surface area contributed by atoms with Crippen molar-refractivity contribution in [3.8, 4) is 0 Å². The monoisotopic (exact) mass is 289 g/mol. The van der Waals surface area contributed by atoms with Gasteiger partial charge in [-0.3, -0.25) is 9.59 Å². The lowest BCUT2D eigenvalue weighted by atomic mass is 9.84. The van der Waals surface area contributed by atoms with Gasteiger partial charge in [-0.05, 0) is 37.0 Å². The molecule has 1 aromatic carbocycles. The Bertz CT molecular complexity index is 510. The molecule has 114 valence electrons. The summed E-state index contributed by atoms with van der Waals surface area (Å²) in [5.41, 5.74) is 12.0. The zero-order chi connectivity index (χ0) is 15.4. The smallest absolute Gasteiger partial charge is 0.248 e. The molecule has 0 heterocycles. The highest BCUT2D eigenvalue weighted by atomic mass is 16.1. The minimum atomic E-state index is -0.559. The molecule has 1 aromatic rings. The van der Waals surface area contributed by atoms with Crippen LogP contribution >= 0.6 is 0 Å². The first-order chi connectivity index (χ1) is 9.99. The highest BCUT2D eigenvalue weighted by molar-refractivity contribution is 5.99. The summed E-state index contributed by atoms with van der Waals surface area (Å²) in [7, 11) is 0. The third kappa shape index (κ3) is 3.97. The van der Waals surface area contributed by atoms with Crippen molar-refractivity contribution in [2.45, 2.75) is 45.1 Å². The van der Waals surface area contributed by atoms with E-state index in [1.807, 2.05) is 0 Å². The topological polar surface area (TPSA) is 98.2 Å². The van der Waals surface area contributed by atoms with Gasteiger partial charge in [-0.1, -0.05) is 26.2 Å². The minimum Gasteiger partial charge on any atom is -0.382 e. The first-order valence-electron chi connectivity index (χ1n) is 7.50. The Kier molecular flexibility index (Phi) is 4.83. The van der Waals surface area contributed by atoms with Crippen LogP contribution in [0.5, 0.6) is 0 Å². The SMILES string of the molecule is CCC1CCCC(Nc2cc(C(N)=O)cc(C(N)=O)c2)C1. The number of hydrogen-bond acceptors (Lipinski definition) is 3. The van der Waals surface area contributed by atoms with Gasteiger partial charge < -0.3 is 16.8 Å². The number of hydrogen-bond donors (Lipinski definition) is 3. The van der Waals surface area contributed by atoms with Crippen molar-refractivity contribution in [3.05, 3.63) is 29.3 Å². The van der Waals surface area contributed by atoms with E-state index < -0.39 is 11.8 Å². The molecule has 21 heavy (non-hydrogen) atoms. The summed E-state index contributed by atoms with van der Waals surface area (Å²) in [6.07, 6.45) is 5.88. The van der Waals surface area contributed by atoms with Crippen molar-refractivity contribution in [1.82, 2.24) is 0 Å². The van der Waals surface area contributed by atoms with Crippen molar-refractivity contribution in [1.29, 1.82) is 0 Å². The molecule has 1 fully saturated rings. The molecule has 1 aliphatic rings. The number of primary amides is 2. The molecule has 2 atom stereocenters. The van der Waals surface area contributed by atoms with E-state index in [0.29, 0.717) is 17.2 Å². The Labute approximate surface area is 125 Å². The molecule has 2 unspecified atom stereocenters. The van der Waals surface area contributed by atoms with Crippen LogP contribution in [0.4, 0.5) is 5.69 Å². The number of carbonyl (C=O) groups excluding carboxylic acids is 2. The van der Waals surface area contributed by atoms with E-state index >= 15 is 0 Å². The van der Waals surface area contributed by atoms with Gasteiger partial charge in [0.2, 0.25) is 11.8 Å². The number of amides is 2. The first kappa shape index (κ1) is 15.4. The summed E-state index contributed by atoms with van der Waals surface area (Å²) >= 11 is 0. The zero-order valence-corrected chi connectivity index (χ0v) is 12.4. The lowest BCUT2D eigenvalue weighted by Crippen LogP contribution is -2.27. The minimum absolute atomic E-state index is 0.302. The van der Waals surface area contributed by atoms with E-state index in [1.54, 1.807) is 12.1 Å². The van der Waals surface area contributed by atoms with E-state index in [0.717, 1.165) is 24.4 Å². The summed E-state index contributed by atoms with van der Waals surface area (Å²) in [6.45, 7) is 2.21. The largest absolute Gasteiger partial charge is 0.382 e. The van der Waals surface area contributed by atoms with Gasteiger partial charge in [-0.2, -0.15) is 0 Å². The molecule has 0 radical (unpaired) electrons. The molecule has 1 saturated carbocycles. The Morgan fingerprint density at radius 2 is 1.76 bits per heavy atom. The second-order valence-corrected chi connectivity index (χ2v) is 5.81. The second-order valence-electron chi connectivity index (χ2n) is 5.81. The fourth-order valence-corrected chi connectivity index (χ4v) is 3.02. The quantitative estimate of drug-likeness (QED) is 0.775. The van der Waals surface area contributed by atoms with Crippen LogP contribution in [0.15, 0.2) is 18.2 Å². The second kappa shape index (κ2) is 6.61. The van der Waals surface area contributed by atoms with Crippen LogP contribution in [0.2, 0.25) is 0 Å². The molecule has 5 heteroatoms. The van der Waals surface area contributed by atoms with Crippen LogP contribution in [0.3, 0.4) is 0 Å². The van der Waals surface area contributed by atoms with E-state index in [2.05, 4.69) is 12.2 Å². The summed E-state index contributed by atoms with van der Waals surface area (Å²) in [5.74, 6) is -0.376. The molecule has 2 rings (SSSR count). The average molecular weight is 289 g/mol. The van der Waals surface area contributed by atoms with Gasteiger partial charge in [0.25, 0.3) is 0 Å². The predicted octanol–water partition coefficient (Wildman–Crippen LogP) is 2.27. The standard InChI is InChI=1S/C16H23N3O2/c1-2-10-4-3-5-13(6-10)19-14-8-11(15(17)20)7-12(9-14)16(18)21/h7-10,13,19H,2-6H2,1H3,(H2,17,20)(H2,18,21). The van der Waals surface area contributed by atoms with Gasteiger partial charge in [0.05, 0.1) is 0 Å². The third-order valence-corrected chi connectivity index (χ3v) is 4.23. The summed E-state index contributed by atoms with van der Waals surface area (Å²) in [4.78, 5) is 22.7. The normalized spacial score (nSPS) is 21.8. The Hall–Kier alpha value is -2.04.